The summed E-state index contributed by atoms with van der Waals surface area (Å²) in [5.41, 5.74) is -1.20. The zero-order valence-electron chi connectivity index (χ0n) is 17.0. The maximum absolute atomic E-state index is 13.6. The molecule has 9 heteroatoms. The predicted octanol–water partition coefficient (Wildman–Crippen LogP) is 3.48. The molecule has 0 bridgehead atoms. The SMILES string of the molecule is C[C@@H](OC(=O)C1CCN(C(=O)OC(C)(C)C)CC1)C(=O)Nc1c(F)cccc1F. The van der Waals surface area contributed by atoms with Gasteiger partial charge in [0, 0.05) is 13.1 Å². The molecular weight excluding hydrogens is 386 g/mol. The van der Waals surface area contributed by atoms with Crippen molar-refractivity contribution in [3.05, 3.63) is 29.8 Å². The van der Waals surface area contributed by atoms with Crippen LogP contribution in [0.3, 0.4) is 0 Å². The summed E-state index contributed by atoms with van der Waals surface area (Å²) in [5.74, 6) is -3.76. The van der Waals surface area contributed by atoms with Gasteiger partial charge in [0.25, 0.3) is 5.91 Å². The molecular formula is C20H26F2N2O5. The normalized spacial score (nSPS) is 16.1. The zero-order valence-corrected chi connectivity index (χ0v) is 17.0. The van der Waals surface area contributed by atoms with E-state index < -0.39 is 52.9 Å². The number of carbonyl (C=O) groups is 3. The number of likely N-dealkylation sites (tertiary alicyclic amines) is 1. The van der Waals surface area contributed by atoms with Crippen LogP contribution < -0.4 is 5.32 Å². The average molecular weight is 412 g/mol. The summed E-state index contributed by atoms with van der Waals surface area (Å²) < 4.78 is 37.7. The topological polar surface area (TPSA) is 84.9 Å². The molecule has 1 aromatic rings. The highest BCUT2D eigenvalue weighted by atomic mass is 19.1. The third kappa shape index (κ3) is 6.40. The van der Waals surface area contributed by atoms with Crippen LogP contribution in [0.5, 0.6) is 0 Å². The summed E-state index contributed by atoms with van der Waals surface area (Å²) in [6.45, 7) is 7.30. The number of anilines is 1. The average Bonchev–Trinajstić information content (AvgIpc) is 2.63. The second-order valence-electron chi connectivity index (χ2n) is 7.91. The molecule has 1 aromatic carbocycles. The third-order valence-electron chi connectivity index (χ3n) is 4.35. The molecule has 1 atom stereocenters. The fourth-order valence-corrected chi connectivity index (χ4v) is 2.79. The van der Waals surface area contributed by atoms with Crippen molar-refractivity contribution in [3.8, 4) is 0 Å². The van der Waals surface area contributed by atoms with Gasteiger partial charge in [0.1, 0.15) is 22.9 Å². The maximum Gasteiger partial charge on any atom is 0.410 e. The summed E-state index contributed by atoms with van der Waals surface area (Å²) in [5, 5.41) is 2.09. The molecule has 2 rings (SSSR count). The number of para-hydroxylation sites is 1. The van der Waals surface area contributed by atoms with Gasteiger partial charge in [-0.15, -0.1) is 0 Å². The summed E-state index contributed by atoms with van der Waals surface area (Å²) in [7, 11) is 0. The van der Waals surface area contributed by atoms with Crippen molar-refractivity contribution in [2.75, 3.05) is 18.4 Å². The zero-order chi connectivity index (χ0) is 21.8. The van der Waals surface area contributed by atoms with Crippen LogP contribution >= 0.6 is 0 Å². The van der Waals surface area contributed by atoms with Crippen molar-refractivity contribution in [3.63, 3.8) is 0 Å². The van der Waals surface area contributed by atoms with Crippen molar-refractivity contribution >= 4 is 23.7 Å². The van der Waals surface area contributed by atoms with Crippen LogP contribution in [0.15, 0.2) is 18.2 Å². The van der Waals surface area contributed by atoms with E-state index in [4.69, 9.17) is 9.47 Å². The molecule has 0 unspecified atom stereocenters. The van der Waals surface area contributed by atoms with Gasteiger partial charge in [-0.3, -0.25) is 9.59 Å². The minimum absolute atomic E-state index is 0.329. The highest BCUT2D eigenvalue weighted by molar-refractivity contribution is 5.95. The molecule has 0 radical (unpaired) electrons. The van der Waals surface area contributed by atoms with Crippen molar-refractivity contribution in [2.45, 2.75) is 52.2 Å². The Kier molecular flexibility index (Phi) is 7.16. The van der Waals surface area contributed by atoms with E-state index in [1.165, 1.54) is 17.9 Å². The first-order valence-corrected chi connectivity index (χ1v) is 9.41. The monoisotopic (exact) mass is 412 g/mol. The van der Waals surface area contributed by atoms with Gasteiger partial charge in [0.05, 0.1) is 5.92 Å². The van der Waals surface area contributed by atoms with Gasteiger partial charge in [0.2, 0.25) is 0 Å². The summed E-state index contributed by atoms with van der Waals surface area (Å²) in [6, 6.07) is 3.19. The van der Waals surface area contributed by atoms with E-state index in [0.717, 1.165) is 12.1 Å². The number of ether oxygens (including phenoxy) is 2. The second kappa shape index (κ2) is 9.19. The number of amides is 2. The molecule has 7 nitrogen and oxygen atoms in total. The number of halogens is 2. The Morgan fingerprint density at radius 1 is 1.14 bits per heavy atom. The molecule has 0 aromatic heterocycles. The van der Waals surface area contributed by atoms with Crippen LogP contribution in [0.4, 0.5) is 19.3 Å². The van der Waals surface area contributed by atoms with E-state index in [9.17, 15) is 23.2 Å². The minimum Gasteiger partial charge on any atom is -0.452 e. The maximum atomic E-state index is 13.6. The van der Waals surface area contributed by atoms with Crippen LogP contribution in [0, 0.1) is 17.6 Å². The van der Waals surface area contributed by atoms with Crippen molar-refractivity contribution in [2.24, 2.45) is 5.92 Å². The molecule has 0 aliphatic carbocycles. The lowest BCUT2D eigenvalue weighted by Gasteiger charge is -2.32. The van der Waals surface area contributed by atoms with Crippen LogP contribution in [0.2, 0.25) is 0 Å². The number of hydrogen-bond acceptors (Lipinski definition) is 5. The Labute approximate surface area is 168 Å². The van der Waals surface area contributed by atoms with E-state index in [2.05, 4.69) is 5.32 Å². The molecule has 2 amide bonds. The lowest BCUT2D eigenvalue weighted by Crippen LogP contribution is -2.43. The Morgan fingerprint density at radius 2 is 1.69 bits per heavy atom. The number of nitrogens with one attached hydrogen (secondary N) is 1. The highest BCUT2D eigenvalue weighted by Crippen LogP contribution is 2.22. The number of piperidine rings is 1. The number of carbonyl (C=O) groups excluding carboxylic acids is 3. The van der Waals surface area contributed by atoms with Crippen LogP contribution in [0.1, 0.15) is 40.5 Å². The Balaban J connectivity index is 1.84. The largest absolute Gasteiger partial charge is 0.452 e. The van der Waals surface area contributed by atoms with E-state index >= 15 is 0 Å². The predicted molar refractivity (Wildman–Crippen MR) is 101 cm³/mol. The Bertz CT molecular complexity index is 750. The molecule has 160 valence electrons. The lowest BCUT2D eigenvalue weighted by molar-refractivity contribution is -0.158. The van der Waals surface area contributed by atoms with Gasteiger partial charge in [-0.25, -0.2) is 13.6 Å². The van der Waals surface area contributed by atoms with E-state index in [-0.39, 0.29) is 0 Å². The lowest BCUT2D eigenvalue weighted by atomic mass is 9.97. The molecule has 1 saturated heterocycles. The molecule has 1 fully saturated rings. The first-order valence-electron chi connectivity index (χ1n) is 9.41. The van der Waals surface area contributed by atoms with Crippen LogP contribution in [-0.2, 0) is 19.1 Å². The Morgan fingerprint density at radius 3 is 2.21 bits per heavy atom. The van der Waals surface area contributed by atoms with Crippen molar-refractivity contribution < 1.29 is 32.6 Å². The van der Waals surface area contributed by atoms with Gasteiger partial charge in [-0.05, 0) is 52.7 Å². The fraction of sp³-hybridized carbons (Fsp3) is 0.550. The first-order chi connectivity index (χ1) is 13.5. The fourth-order valence-electron chi connectivity index (χ4n) is 2.79. The highest BCUT2D eigenvalue weighted by Gasteiger charge is 2.32. The third-order valence-corrected chi connectivity index (χ3v) is 4.35. The first kappa shape index (κ1) is 22.6. The molecule has 0 saturated carbocycles. The van der Waals surface area contributed by atoms with Crippen molar-refractivity contribution in [1.82, 2.24) is 4.90 Å². The molecule has 1 aliphatic heterocycles. The Hall–Kier alpha value is -2.71. The van der Waals surface area contributed by atoms with Crippen LogP contribution in [0.25, 0.3) is 0 Å². The number of nitrogens with zero attached hydrogens (tertiary/aromatic N) is 1. The van der Waals surface area contributed by atoms with Crippen molar-refractivity contribution in [1.29, 1.82) is 0 Å². The van der Waals surface area contributed by atoms with Gasteiger partial charge in [0.15, 0.2) is 6.10 Å². The minimum atomic E-state index is -1.23. The number of hydrogen-bond donors (Lipinski definition) is 1. The van der Waals surface area contributed by atoms with E-state index in [1.807, 2.05) is 0 Å². The van der Waals surface area contributed by atoms with E-state index in [1.54, 1.807) is 20.8 Å². The van der Waals surface area contributed by atoms with Gasteiger partial charge in [-0.1, -0.05) is 6.07 Å². The second-order valence-corrected chi connectivity index (χ2v) is 7.91. The summed E-state index contributed by atoms with van der Waals surface area (Å²) in [4.78, 5) is 38.0. The molecule has 1 aliphatic rings. The number of benzene rings is 1. The van der Waals surface area contributed by atoms with Gasteiger partial charge >= 0.3 is 12.1 Å². The number of esters is 1. The standard InChI is InChI=1S/C20H26F2N2O5/c1-12(17(25)23-16-14(21)6-5-7-15(16)22)28-18(26)13-8-10-24(11-9-13)19(27)29-20(2,3)4/h5-7,12-13H,8-11H2,1-4H3,(H,23,25)/t12-/m1/s1. The number of rotatable bonds is 4. The van der Waals surface area contributed by atoms with E-state index in [0.29, 0.717) is 25.9 Å². The van der Waals surface area contributed by atoms with Gasteiger partial charge in [-0.2, -0.15) is 0 Å². The van der Waals surface area contributed by atoms with Gasteiger partial charge < -0.3 is 19.7 Å². The quantitative estimate of drug-likeness (QED) is 0.766. The molecule has 1 heterocycles. The smallest absolute Gasteiger partial charge is 0.410 e. The summed E-state index contributed by atoms with van der Waals surface area (Å²) in [6.07, 6.45) is -0.933. The van der Waals surface area contributed by atoms with Crippen LogP contribution in [-0.4, -0.2) is 47.7 Å². The molecule has 1 N–H and O–H groups in total. The molecule has 0 spiro atoms. The molecule has 29 heavy (non-hydrogen) atoms. The summed E-state index contributed by atoms with van der Waals surface area (Å²) >= 11 is 0.